The molecule has 7 nitrogen and oxygen atoms in total. The quantitative estimate of drug-likeness (QED) is 0.526. The zero-order chi connectivity index (χ0) is 21.4. The molecule has 2 saturated heterocycles. The van der Waals surface area contributed by atoms with E-state index in [1.54, 1.807) is 0 Å². The molecule has 0 spiro atoms. The van der Waals surface area contributed by atoms with Crippen molar-refractivity contribution in [2.75, 3.05) is 64.3 Å². The summed E-state index contributed by atoms with van der Waals surface area (Å²) in [4.78, 5) is 16.8. The number of hydrogen-bond donors (Lipinski definition) is 2. The van der Waals surface area contributed by atoms with Crippen LogP contribution in [0, 0.1) is 0 Å². The second kappa shape index (κ2) is 11.0. The molecular formula is C23H41N7. The summed E-state index contributed by atoms with van der Waals surface area (Å²) in [6.45, 7) is 15.8. The molecule has 0 aromatic carbocycles. The number of piperazine rings is 1. The minimum atomic E-state index is 0.127. The van der Waals surface area contributed by atoms with Crippen molar-refractivity contribution in [3.8, 4) is 0 Å². The Morgan fingerprint density at radius 1 is 1.07 bits per heavy atom. The van der Waals surface area contributed by atoms with Gasteiger partial charge in [0, 0.05) is 51.0 Å². The van der Waals surface area contributed by atoms with Crippen LogP contribution in [0.25, 0.3) is 0 Å². The zero-order valence-corrected chi connectivity index (χ0v) is 19.5. The fraction of sp³-hybridized carbons (Fsp3) is 0.739. The van der Waals surface area contributed by atoms with Crippen LogP contribution in [0.15, 0.2) is 23.3 Å². The number of likely N-dealkylation sites (N-methyl/N-ethyl adjacent to an activating group) is 1. The molecule has 2 N–H and O–H groups in total. The number of hydrogen-bond acceptors (Lipinski definition) is 5. The molecule has 1 aromatic heterocycles. The van der Waals surface area contributed by atoms with E-state index in [-0.39, 0.29) is 5.54 Å². The molecule has 0 saturated carbocycles. The standard InChI is InChI=1S/C23H41N7/c1-5-24-22(27-19-23(2,3)30-11-7-6-8-12-30)26-18-20-9-10-25-21(17-20)29-15-13-28(4)14-16-29/h9-10,17H,5-8,11-16,18-19H2,1-4H3,(H2,24,26,27). The van der Waals surface area contributed by atoms with E-state index in [1.165, 1.54) is 37.9 Å². The molecule has 3 rings (SSSR count). The van der Waals surface area contributed by atoms with Crippen molar-refractivity contribution in [3.63, 3.8) is 0 Å². The van der Waals surface area contributed by atoms with Gasteiger partial charge in [0.15, 0.2) is 5.96 Å². The lowest BCUT2D eigenvalue weighted by Gasteiger charge is -2.41. The maximum atomic E-state index is 4.85. The predicted octanol–water partition coefficient (Wildman–Crippen LogP) is 2.15. The molecule has 2 aliphatic rings. The van der Waals surface area contributed by atoms with Gasteiger partial charge in [-0.2, -0.15) is 0 Å². The Balaban J connectivity index is 1.58. The van der Waals surface area contributed by atoms with Crippen LogP contribution < -0.4 is 15.5 Å². The predicted molar refractivity (Wildman–Crippen MR) is 126 cm³/mol. The molecular weight excluding hydrogens is 374 g/mol. The van der Waals surface area contributed by atoms with Crippen LogP contribution in [0.4, 0.5) is 5.82 Å². The monoisotopic (exact) mass is 415 g/mol. The Morgan fingerprint density at radius 2 is 1.80 bits per heavy atom. The highest BCUT2D eigenvalue weighted by Crippen LogP contribution is 2.20. The number of aromatic nitrogens is 1. The van der Waals surface area contributed by atoms with Crippen LogP contribution >= 0.6 is 0 Å². The van der Waals surface area contributed by atoms with Gasteiger partial charge >= 0.3 is 0 Å². The number of aliphatic imine (C=N–C) groups is 1. The van der Waals surface area contributed by atoms with E-state index in [0.717, 1.165) is 51.0 Å². The molecule has 3 heterocycles. The van der Waals surface area contributed by atoms with Crippen molar-refractivity contribution in [3.05, 3.63) is 23.9 Å². The molecule has 0 radical (unpaired) electrons. The topological polar surface area (TPSA) is 59.0 Å². The van der Waals surface area contributed by atoms with E-state index in [1.807, 2.05) is 6.20 Å². The molecule has 0 amide bonds. The van der Waals surface area contributed by atoms with Gasteiger partial charge in [0.1, 0.15) is 5.82 Å². The van der Waals surface area contributed by atoms with Crippen molar-refractivity contribution in [1.29, 1.82) is 0 Å². The normalized spacial score (nSPS) is 19.7. The van der Waals surface area contributed by atoms with Gasteiger partial charge in [0.25, 0.3) is 0 Å². The van der Waals surface area contributed by atoms with Gasteiger partial charge in [-0.25, -0.2) is 9.98 Å². The van der Waals surface area contributed by atoms with Gasteiger partial charge in [-0.05, 0) is 71.4 Å². The highest BCUT2D eigenvalue weighted by atomic mass is 15.3. The molecule has 168 valence electrons. The van der Waals surface area contributed by atoms with E-state index in [0.29, 0.717) is 6.54 Å². The van der Waals surface area contributed by atoms with Gasteiger partial charge < -0.3 is 20.4 Å². The van der Waals surface area contributed by atoms with Crippen molar-refractivity contribution >= 4 is 11.8 Å². The minimum absolute atomic E-state index is 0.127. The smallest absolute Gasteiger partial charge is 0.191 e. The third kappa shape index (κ3) is 6.57. The van der Waals surface area contributed by atoms with E-state index < -0.39 is 0 Å². The van der Waals surface area contributed by atoms with Gasteiger partial charge in [-0.1, -0.05) is 6.42 Å². The first kappa shape index (κ1) is 22.8. The van der Waals surface area contributed by atoms with Gasteiger partial charge in [0.05, 0.1) is 6.54 Å². The Kier molecular flexibility index (Phi) is 8.33. The number of pyridine rings is 1. The second-order valence-electron chi connectivity index (χ2n) is 9.22. The summed E-state index contributed by atoms with van der Waals surface area (Å²) in [7, 11) is 2.18. The summed E-state index contributed by atoms with van der Waals surface area (Å²) < 4.78 is 0. The third-order valence-corrected chi connectivity index (χ3v) is 6.30. The molecule has 1 aromatic rings. The number of rotatable bonds is 7. The van der Waals surface area contributed by atoms with Gasteiger partial charge in [-0.3, -0.25) is 4.90 Å². The summed E-state index contributed by atoms with van der Waals surface area (Å²) in [6.07, 6.45) is 5.91. The van der Waals surface area contributed by atoms with Crippen molar-refractivity contribution in [2.45, 2.75) is 52.1 Å². The van der Waals surface area contributed by atoms with Crippen molar-refractivity contribution in [1.82, 2.24) is 25.4 Å². The second-order valence-corrected chi connectivity index (χ2v) is 9.22. The zero-order valence-electron chi connectivity index (χ0n) is 19.5. The summed E-state index contributed by atoms with van der Waals surface area (Å²) in [5.74, 6) is 1.96. The lowest BCUT2D eigenvalue weighted by atomic mass is 9.98. The molecule has 0 aliphatic carbocycles. The summed E-state index contributed by atoms with van der Waals surface area (Å²) >= 11 is 0. The van der Waals surface area contributed by atoms with Gasteiger partial charge in [0.2, 0.25) is 0 Å². The van der Waals surface area contributed by atoms with Crippen LogP contribution in [0.1, 0.15) is 45.6 Å². The maximum absolute atomic E-state index is 4.85. The highest BCUT2D eigenvalue weighted by Gasteiger charge is 2.27. The number of nitrogens with one attached hydrogen (secondary N) is 2. The number of anilines is 1. The third-order valence-electron chi connectivity index (χ3n) is 6.30. The van der Waals surface area contributed by atoms with E-state index in [4.69, 9.17) is 4.99 Å². The molecule has 2 fully saturated rings. The van der Waals surface area contributed by atoms with E-state index >= 15 is 0 Å². The molecule has 30 heavy (non-hydrogen) atoms. The average molecular weight is 416 g/mol. The highest BCUT2D eigenvalue weighted by molar-refractivity contribution is 5.79. The Hall–Kier alpha value is -1.86. The average Bonchev–Trinajstić information content (AvgIpc) is 2.77. The lowest BCUT2D eigenvalue weighted by Crippen LogP contribution is -2.54. The first-order chi connectivity index (χ1) is 14.5. The fourth-order valence-corrected chi connectivity index (χ4v) is 4.19. The van der Waals surface area contributed by atoms with Crippen LogP contribution in [-0.4, -0.2) is 85.7 Å². The summed E-state index contributed by atoms with van der Waals surface area (Å²) in [5.41, 5.74) is 1.33. The van der Waals surface area contributed by atoms with Crippen LogP contribution in [0.2, 0.25) is 0 Å². The van der Waals surface area contributed by atoms with E-state index in [2.05, 4.69) is 70.3 Å². The SMILES string of the molecule is CCNC(=NCc1ccnc(N2CCN(C)CC2)c1)NCC(C)(C)N1CCCCC1. The number of piperidine rings is 1. The van der Waals surface area contributed by atoms with Gasteiger partial charge in [-0.15, -0.1) is 0 Å². The Bertz CT molecular complexity index is 674. The molecule has 0 unspecified atom stereocenters. The van der Waals surface area contributed by atoms with Crippen LogP contribution in [0.3, 0.4) is 0 Å². The number of likely N-dealkylation sites (tertiary alicyclic amines) is 1. The first-order valence-electron chi connectivity index (χ1n) is 11.6. The molecule has 0 atom stereocenters. The Labute approximate surface area is 182 Å². The van der Waals surface area contributed by atoms with Crippen molar-refractivity contribution in [2.24, 2.45) is 4.99 Å². The fourth-order valence-electron chi connectivity index (χ4n) is 4.19. The van der Waals surface area contributed by atoms with E-state index in [9.17, 15) is 0 Å². The number of nitrogens with zero attached hydrogens (tertiary/aromatic N) is 5. The first-order valence-corrected chi connectivity index (χ1v) is 11.6. The molecule has 0 bridgehead atoms. The van der Waals surface area contributed by atoms with Crippen molar-refractivity contribution < 1.29 is 0 Å². The molecule has 7 heteroatoms. The largest absolute Gasteiger partial charge is 0.357 e. The maximum Gasteiger partial charge on any atom is 0.191 e. The summed E-state index contributed by atoms with van der Waals surface area (Å²) in [5, 5.41) is 6.98. The minimum Gasteiger partial charge on any atom is -0.357 e. The van der Waals surface area contributed by atoms with Crippen LogP contribution in [0.5, 0.6) is 0 Å². The summed E-state index contributed by atoms with van der Waals surface area (Å²) in [6, 6.07) is 4.26. The lowest BCUT2D eigenvalue weighted by molar-refractivity contribution is 0.0982. The molecule has 2 aliphatic heterocycles. The number of guanidine groups is 1. The Morgan fingerprint density at radius 3 is 2.50 bits per heavy atom. The van der Waals surface area contributed by atoms with Crippen LogP contribution in [-0.2, 0) is 6.54 Å².